The van der Waals surface area contributed by atoms with Gasteiger partial charge >= 0.3 is 0 Å². The molecule has 0 bridgehead atoms. The average Bonchev–Trinajstić information content (AvgIpc) is 2.75. The Labute approximate surface area is 120 Å². The molecule has 0 aliphatic heterocycles. The SMILES string of the molecule is CC1CCCC(CO)(NC(=O)c2sccc2Br)C1. The molecule has 1 fully saturated rings. The summed E-state index contributed by atoms with van der Waals surface area (Å²) in [6.07, 6.45) is 3.97. The molecule has 1 amide bonds. The first-order valence-corrected chi connectivity index (χ1v) is 7.90. The Kier molecular flexibility index (Phi) is 4.45. The lowest BCUT2D eigenvalue weighted by atomic mass is 9.77. The molecule has 2 N–H and O–H groups in total. The second-order valence-corrected chi connectivity index (χ2v) is 6.96. The van der Waals surface area contributed by atoms with Crippen LogP contribution in [-0.2, 0) is 0 Å². The molecule has 1 aromatic rings. The first-order valence-electron chi connectivity index (χ1n) is 6.23. The van der Waals surface area contributed by atoms with Crippen LogP contribution in [0.25, 0.3) is 0 Å². The molecule has 2 atom stereocenters. The predicted octanol–water partition coefficient (Wildman–Crippen LogP) is 3.18. The Bertz CT molecular complexity index is 434. The molecule has 1 heterocycles. The molecule has 0 aromatic carbocycles. The van der Waals surface area contributed by atoms with Crippen LogP contribution < -0.4 is 5.32 Å². The third-order valence-electron chi connectivity index (χ3n) is 3.60. The van der Waals surface area contributed by atoms with E-state index in [-0.39, 0.29) is 12.5 Å². The van der Waals surface area contributed by atoms with E-state index in [0.29, 0.717) is 10.8 Å². The highest BCUT2D eigenvalue weighted by Gasteiger charge is 2.36. The minimum atomic E-state index is -0.432. The van der Waals surface area contributed by atoms with E-state index >= 15 is 0 Å². The third kappa shape index (κ3) is 2.95. The van der Waals surface area contributed by atoms with Crippen LogP contribution in [0.15, 0.2) is 15.9 Å². The zero-order chi connectivity index (χ0) is 13.2. The molecule has 3 nitrogen and oxygen atoms in total. The second-order valence-electron chi connectivity index (χ2n) is 5.19. The van der Waals surface area contributed by atoms with Crippen molar-refractivity contribution in [2.45, 2.75) is 38.1 Å². The van der Waals surface area contributed by atoms with Crippen molar-refractivity contribution >= 4 is 33.2 Å². The second kappa shape index (κ2) is 5.72. The average molecular weight is 332 g/mol. The van der Waals surface area contributed by atoms with Crippen LogP contribution in [0.3, 0.4) is 0 Å². The minimum Gasteiger partial charge on any atom is -0.394 e. The van der Waals surface area contributed by atoms with Crippen molar-refractivity contribution in [2.75, 3.05) is 6.61 Å². The van der Waals surface area contributed by atoms with Gasteiger partial charge in [0.25, 0.3) is 5.91 Å². The normalized spacial score (nSPS) is 28.1. The Morgan fingerprint density at radius 1 is 1.72 bits per heavy atom. The Morgan fingerprint density at radius 3 is 3.06 bits per heavy atom. The number of thiophene rings is 1. The van der Waals surface area contributed by atoms with Gasteiger partial charge in [0.05, 0.1) is 12.1 Å². The molecule has 100 valence electrons. The highest BCUT2D eigenvalue weighted by atomic mass is 79.9. The van der Waals surface area contributed by atoms with E-state index in [9.17, 15) is 9.90 Å². The van der Waals surface area contributed by atoms with Crippen molar-refractivity contribution < 1.29 is 9.90 Å². The van der Waals surface area contributed by atoms with E-state index in [1.807, 2.05) is 11.4 Å². The molecule has 0 spiro atoms. The van der Waals surface area contributed by atoms with Crippen LogP contribution in [0.2, 0.25) is 0 Å². The summed E-state index contributed by atoms with van der Waals surface area (Å²) in [5.41, 5.74) is -0.432. The first kappa shape index (κ1) is 14.0. The largest absolute Gasteiger partial charge is 0.394 e. The highest BCUT2D eigenvalue weighted by molar-refractivity contribution is 9.10. The number of rotatable bonds is 3. The Hall–Kier alpha value is -0.390. The molecular formula is C13H18BrNO2S. The van der Waals surface area contributed by atoms with Gasteiger partial charge in [-0.3, -0.25) is 4.79 Å². The van der Waals surface area contributed by atoms with E-state index in [0.717, 1.165) is 23.7 Å². The van der Waals surface area contributed by atoms with Gasteiger partial charge in [-0.2, -0.15) is 0 Å². The number of carbonyl (C=O) groups is 1. The summed E-state index contributed by atoms with van der Waals surface area (Å²) in [6, 6.07) is 1.87. The monoisotopic (exact) mass is 331 g/mol. The van der Waals surface area contributed by atoms with E-state index < -0.39 is 5.54 Å². The van der Waals surface area contributed by atoms with Gasteiger partial charge in [0.15, 0.2) is 0 Å². The van der Waals surface area contributed by atoms with E-state index in [1.165, 1.54) is 17.8 Å². The molecule has 1 aliphatic carbocycles. The fourth-order valence-electron chi connectivity index (χ4n) is 2.71. The lowest BCUT2D eigenvalue weighted by molar-refractivity contribution is 0.0700. The zero-order valence-electron chi connectivity index (χ0n) is 10.4. The topological polar surface area (TPSA) is 49.3 Å². The van der Waals surface area contributed by atoms with Gasteiger partial charge in [-0.1, -0.05) is 19.8 Å². The van der Waals surface area contributed by atoms with E-state index in [4.69, 9.17) is 0 Å². The predicted molar refractivity (Wildman–Crippen MR) is 76.9 cm³/mol. The molecule has 5 heteroatoms. The summed E-state index contributed by atoms with van der Waals surface area (Å²) in [4.78, 5) is 12.9. The maximum Gasteiger partial charge on any atom is 0.263 e. The van der Waals surface area contributed by atoms with Gasteiger partial charge < -0.3 is 10.4 Å². The Morgan fingerprint density at radius 2 is 2.50 bits per heavy atom. The lowest BCUT2D eigenvalue weighted by Crippen LogP contribution is -2.53. The fraction of sp³-hybridized carbons (Fsp3) is 0.615. The number of hydrogen-bond acceptors (Lipinski definition) is 3. The summed E-state index contributed by atoms with van der Waals surface area (Å²) in [5.74, 6) is 0.470. The molecule has 1 aliphatic rings. The van der Waals surface area contributed by atoms with Crippen molar-refractivity contribution in [3.05, 3.63) is 20.8 Å². The number of aliphatic hydroxyl groups excluding tert-OH is 1. The molecule has 1 saturated carbocycles. The third-order valence-corrected chi connectivity index (χ3v) is 5.43. The van der Waals surface area contributed by atoms with Gasteiger partial charge in [-0.05, 0) is 46.1 Å². The number of aliphatic hydroxyl groups is 1. The van der Waals surface area contributed by atoms with Gasteiger partial charge in [-0.15, -0.1) is 11.3 Å². The lowest BCUT2D eigenvalue weighted by Gasteiger charge is -2.39. The van der Waals surface area contributed by atoms with Crippen molar-refractivity contribution in [3.8, 4) is 0 Å². The maximum absolute atomic E-state index is 12.2. The molecule has 0 radical (unpaired) electrons. The van der Waals surface area contributed by atoms with Gasteiger partial charge in [0.2, 0.25) is 0 Å². The molecule has 2 unspecified atom stereocenters. The number of amides is 1. The Balaban J connectivity index is 2.11. The molecule has 2 rings (SSSR count). The summed E-state index contributed by atoms with van der Waals surface area (Å²) in [6.45, 7) is 2.20. The van der Waals surface area contributed by atoms with Crippen LogP contribution in [0, 0.1) is 5.92 Å². The van der Waals surface area contributed by atoms with Crippen LogP contribution in [0.1, 0.15) is 42.3 Å². The maximum atomic E-state index is 12.2. The quantitative estimate of drug-likeness (QED) is 0.893. The van der Waals surface area contributed by atoms with Crippen molar-refractivity contribution in [3.63, 3.8) is 0 Å². The van der Waals surface area contributed by atoms with Gasteiger partial charge in [-0.25, -0.2) is 0 Å². The van der Waals surface area contributed by atoms with E-state index in [2.05, 4.69) is 28.2 Å². The molecular weight excluding hydrogens is 314 g/mol. The van der Waals surface area contributed by atoms with Crippen LogP contribution in [0.4, 0.5) is 0 Å². The standard InChI is InChI=1S/C13H18BrNO2S/c1-9-3-2-5-13(7-9,8-16)15-12(17)11-10(14)4-6-18-11/h4,6,9,16H,2-3,5,7-8H2,1H3,(H,15,17). The van der Waals surface area contributed by atoms with Crippen LogP contribution >= 0.6 is 27.3 Å². The molecule has 0 saturated heterocycles. The van der Waals surface area contributed by atoms with Gasteiger partial charge in [0.1, 0.15) is 4.88 Å². The molecule has 1 aromatic heterocycles. The molecule has 18 heavy (non-hydrogen) atoms. The number of carbonyl (C=O) groups excluding carboxylic acids is 1. The fourth-order valence-corrected chi connectivity index (χ4v) is 4.16. The van der Waals surface area contributed by atoms with Crippen LogP contribution in [-0.4, -0.2) is 23.2 Å². The van der Waals surface area contributed by atoms with Gasteiger partial charge in [0, 0.05) is 4.47 Å². The van der Waals surface area contributed by atoms with E-state index in [1.54, 1.807) is 0 Å². The summed E-state index contributed by atoms with van der Waals surface area (Å²) >= 11 is 4.79. The first-order chi connectivity index (χ1) is 8.56. The van der Waals surface area contributed by atoms with Crippen molar-refractivity contribution in [1.82, 2.24) is 5.32 Å². The van der Waals surface area contributed by atoms with Crippen LogP contribution in [0.5, 0.6) is 0 Å². The summed E-state index contributed by atoms with van der Waals surface area (Å²) < 4.78 is 0.821. The number of halogens is 1. The smallest absolute Gasteiger partial charge is 0.263 e. The minimum absolute atomic E-state index is 0.0199. The number of nitrogens with one attached hydrogen (secondary N) is 1. The summed E-state index contributed by atoms with van der Waals surface area (Å²) in [7, 11) is 0. The van der Waals surface area contributed by atoms with Crippen molar-refractivity contribution in [2.24, 2.45) is 5.92 Å². The highest BCUT2D eigenvalue weighted by Crippen LogP contribution is 2.33. The summed E-state index contributed by atoms with van der Waals surface area (Å²) in [5, 5.41) is 14.6. The zero-order valence-corrected chi connectivity index (χ0v) is 12.8. The number of hydrogen-bond donors (Lipinski definition) is 2. The van der Waals surface area contributed by atoms with Crippen molar-refractivity contribution in [1.29, 1.82) is 0 Å².